The number of amides is 1. The zero-order valence-electron chi connectivity index (χ0n) is 20.6. The molecule has 178 valence electrons. The summed E-state index contributed by atoms with van der Waals surface area (Å²) in [5, 5.41) is 7.79. The first-order chi connectivity index (χ1) is 16.3. The lowest BCUT2D eigenvalue weighted by Crippen LogP contribution is -2.35. The maximum atomic E-state index is 12.5. The number of likely N-dealkylation sites (N-methyl/N-ethyl adjacent to an activating group) is 1. The minimum atomic E-state index is 0.0658. The molecule has 0 unspecified atom stereocenters. The van der Waals surface area contributed by atoms with Crippen LogP contribution in [0, 0.1) is 6.92 Å². The average Bonchev–Trinajstić information content (AvgIpc) is 3.30. The summed E-state index contributed by atoms with van der Waals surface area (Å²) >= 11 is 0. The van der Waals surface area contributed by atoms with Crippen LogP contribution in [-0.4, -0.2) is 62.6 Å². The Morgan fingerprint density at radius 1 is 1.24 bits per heavy atom. The zero-order chi connectivity index (χ0) is 24.2. The summed E-state index contributed by atoms with van der Waals surface area (Å²) in [4.78, 5) is 25.7. The molecular formula is C26H33N7O. The molecule has 1 N–H and O–H groups in total. The van der Waals surface area contributed by atoms with Crippen molar-refractivity contribution in [3.05, 3.63) is 65.6 Å². The van der Waals surface area contributed by atoms with E-state index in [1.165, 1.54) is 11.1 Å². The van der Waals surface area contributed by atoms with E-state index >= 15 is 0 Å². The maximum absolute atomic E-state index is 12.5. The highest BCUT2D eigenvalue weighted by atomic mass is 16.2. The highest BCUT2D eigenvalue weighted by Gasteiger charge is 2.19. The molecule has 8 heteroatoms. The van der Waals surface area contributed by atoms with Gasteiger partial charge in [0.05, 0.1) is 11.9 Å². The molecule has 1 aliphatic rings. The number of fused-ring (bicyclic) bond motifs is 1. The fourth-order valence-electron chi connectivity index (χ4n) is 3.95. The largest absolute Gasteiger partial charge is 0.335 e. The summed E-state index contributed by atoms with van der Waals surface area (Å²) in [5.74, 6) is 0.618. The van der Waals surface area contributed by atoms with Crippen LogP contribution in [0.3, 0.4) is 0 Å². The van der Waals surface area contributed by atoms with E-state index in [0.29, 0.717) is 25.1 Å². The van der Waals surface area contributed by atoms with Crippen LogP contribution < -0.4 is 5.32 Å². The van der Waals surface area contributed by atoms with Crippen molar-refractivity contribution >= 4 is 17.5 Å². The predicted molar refractivity (Wildman–Crippen MR) is 135 cm³/mol. The Morgan fingerprint density at radius 2 is 2.06 bits per heavy atom. The third-order valence-electron chi connectivity index (χ3n) is 5.89. The van der Waals surface area contributed by atoms with Gasteiger partial charge in [0, 0.05) is 55.4 Å². The van der Waals surface area contributed by atoms with E-state index in [4.69, 9.17) is 4.98 Å². The average molecular weight is 460 g/mol. The quantitative estimate of drug-likeness (QED) is 0.539. The number of benzene rings is 1. The van der Waals surface area contributed by atoms with Crippen LogP contribution in [0.5, 0.6) is 0 Å². The van der Waals surface area contributed by atoms with Crippen LogP contribution in [0.1, 0.15) is 36.6 Å². The topological polar surface area (TPSA) is 79.2 Å². The lowest BCUT2D eigenvalue weighted by Gasteiger charge is -2.28. The number of aryl methyl sites for hydroxylation is 1. The molecule has 34 heavy (non-hydrogen) atoms. The Kier molecular flexibility index (Phi) is 7.07. The van der Waals surface area contributed by atoms with Crippen molar-refractivity contribution in [1.82, 2.24) is 29.5 Å². The standard InChI is InChI=1S/C26H33N7O/c1-18(2)33-17-22(15-28-33)25-19(3)14-27-26(30-25)29-23-9-8-21-16-32(12-10-20(21)13-23)24(34)7-6-11-31(4)5/h6-9,13-15,17-18H,10-12,16H2,1-5H3,(H,27,29,30). The molecule has 4 rings (SSSR count). The van der Waals surface area contributed by atoms with Crippen LogP contribution in [-0.2, 0) is 17.8 Å². The molecule has 0 spiro atoms. The van der Waals surface area contributed by atoms with E-state index in [1.807, 2.05) is 66.2 Å². The van der Waals surface area contributed by atoms with Gasteiger partial charge in [0.15, 0.2) is 0 Å². The molecule has 1 aromatic carbocycles. The van der Waals surface area contributed by atoms with E-state index in [0.717, 1.165) is 35.5 Å². The molecule has 0 atom stereocenters. The molecular weight excluding hydrogens is 426 g/mol. The van der Waals surface area contributed by atoms with Crippen LogP contribution >= 0.6 is 0 Å². The van der Waals surface area contributed by atoms with E-state index in [1.54, 1.807) is 6.08 Å². The van der Waals surface area contributed by atoms with Crippen molar-refractivity contribution in [1.29, 1.82) is 0 Å². The monoisotopic (exact) mass is 459 g/mol. The van der Waals surface area contributed by atoms with Crippen LogP contribution in [0.2, 0.25) is 0 Å². The first kappa shape index (κ1) is 23.6. The smallest absolute Gasteiger partial charge is 0.246 e. The van der Waals surface area contributed by atoms with Crippen molar-refractivity contribution < 1.29 is 4.79 Å². The molecule has 1 amide bonds. The van der Waals surface area contributed by atoms with Crippen molar-refractivity contribution in [2.24, 2.45) is 0 Å². The Bertz CT molecular complexity index is 1200. The van der Waals surface area contributed by atoms with Gasteiger partial charge in [-0.25, -0.2) is 9.97 Å². The molecule has 1 aliphatic heterocycles. The molecule has 3 heterocycles. The molecule has 0 aliphatic carbocycles. The van der Waals surface area contributed by atoms with Gasteiger partial charge < -0.3 is 15.1 Å². The summed E-state index contributed by atoms with van der Waals surface area (Å²) < 4.78 is 1.93. The summed E-state index contributed by atoms with van der Waals surface area (Å²) in [6.07, 6.45) is 10.1. The fourth-order valence-corrected chi connectivity index (χ4v) is 3.95. The van der Waals surface area contributed by atoms with E-state index < -0.39 is 0 Å². The first-order valence-corrected chi connectivity index (χ1v) is 11.7. The second-order valence-electron chi connectivity index (χ2n) is 9.31. The van der Waals surface area contributed by atoms with Crippen molar-refractivity contribution in [2.75, 3.05) is 32.5 Å². The van der Waals surface area contributed by atoms with Crippen LogP contribution in [0.4, 0.5) is 11.6 Å². The highest BCUT2D eigenvalue weighted by Crippen LogP contribution is 2.26. The summed E-state index contributed by atoms with van der Waals surface area (Å²) in [7, 11) is 3.97. The Morgan fingerprint density at radius 3 is 2.79 bits per heavy atom. The van der Waals surface area contributed by atoms with E-state index in [9.17, 15) is 4.79 Å². The lowest BCUT2D eigenvalue weighted by atomic mass is 9.99. The zero-order valence-corrected chi connectivity index (χ0v) is 20.6. The summed E-state index contributed by atoms with van der Waals surface area (Å²) in [5.41, 5.74) is 6.22. The van der Waals surface area contributed by atoms with Gasteiger partial charge in [0.1, 0.15) is 0 Å². The molecule has 0 radical (unpaired) electrons. The molecule has 0 saturated carbocycles. The third kappa shape index (κ3) is 5.51. The van der Waals surface area contributed by atoms with Crippen molar-refractivity contribution in [3.8, 4) is 11.3 Å². The van der Waals surface area contributed by atoms with Crippen molar-refractivity contribution in [2.45, 2.75) is 39.8 Å². The molecule has 2 aromatic heterocycles. The van der Waals surface area contributed by atoms with Gasteiger partial charge in [-0.3, -0.25) is 9.48 Å². The number of hydrogen-bond donors (Lipinski definition) is 1. The van der Waals surface area contributed by atoms with Gasteiger partial charge in [-0.15, -0.1) is 0 Å². The number of nitrogens with one attached hydrogen (secondary N) is 1. The molecule has 3 aromatic rings. The molecule has 0 saturated heterocycles. The second-order valence-corrected chi connectivity index (χ2v) is 9.31. The number of anilines is 2. The van der Waals surface area contributed by atoms with E-state index in [2.05, 4.69) is 41.4 Å². The van der Waals surface area contributed by atoms with Gasteiger partial charge in [-0.1, -0.05) is 12.1 Å². The van der Waals surface area contributed by atoms with E-state index in [-0.39, 0.29) is 5.91 Å². The molecule has 8 nitrogen and oxygen atoms in total. The lowest BCUT2D eigenvalue weighted by molar-refractivity contribution is -0.126. The van der Waals surface area contributed by atoms with Crippen LogP contribution in [0.15, 0.2) is 48.9 Å². The Labute approximate surface area is 201 Å². The second kappa shape index (κ2) is 10.2. The molecule has 0 bridgehead atoms. The summed E-state index contributed by atoms with van der Waals surface area (Å²) in [6, 6.07) is 6.54. The van der Waals surface area contributed by atoms with Gasteiger partial charge in [-0.2, -0.15) is 5.10 Å². The number of nitrogens with zero attached hydrogens (tertiary/aromatic N) is 6. The maximum Gasteiger partial charge on any atom is 0.246 e. The highest BCUT2D eigenvalue weighted by molar-refractivity contribution is 5.87. The molecule has 0 fully saturated rings. The minimum absolute atomic E-state index is 0.0658. The number of rotatable bonds is 7. The Balaban J connectivity index is 1.46. The van der Waals surface area contributed by atoms with Crippen LogP contribution in [0.25, 0.3) is 11.3 Å². The first-order valence-electron chi connectivity index (χ1n) is 11.7. The summed E-state index contributed by atoms with van der Waals surface area (Å²) in [6.45, 7) is 8.31. The van der Waals surface area contributed by atoms with Crippen molar-refractivity contribution in [3.63, 3.8) is 0 Å². The SMILES string of the molecule is Cc1cnc(Nc2ccc3c(c2)CCN(C(=O)C=CCN(C)C)C3)nc1-c1cnn(C(C)C)c1. The predicted octanol–water partition coefficient (Wildman–Crippen LogP) is 3.98. The van der Waals surface area contributed by atoms with Gasteiger partial charge in [0.2, 0.25) is 11.9 Å². The third-order valence-corrected chi connectivity index (χ3v) is 5.89. The van der Waals surface area contributed by atoms with Gasteiger partial charge in [-0.05, 0) is 70.1 Å². The Hall–Kier alpha value is -3.52. The minimum Gasteiger partial charge on any atom is -0.335 e. The van der Waals surface area contributed by atoms with Gasteiger partial charge >= 0.3 is 0 Å². The van der Waals surface area contributed by atoms with Gasteiger partial charge in [0.25, 0.3) is 0 Å². The number of carbonyl (C=O) groups is 1. The number of aromatic nitrogens is 4. The number of carbonyl (C=O) groups excluding carboxylic acids is 1. The fraction of sp³-hybridized carbons (Fsp3) is 0.385. The normalized spacial score (nSPS) is 13.7. The number of hydrogen-bond acceptors (Lipinski definition) is 6.